The molecule has 0 aliphatic heterocycles. The van der Waals surface area contributed by atoms with Gasteiger partial charge >= 0.3 is 12.0 Å². The van der Waals surface area contributed by atoms with Crippen molar-refractivity contribution in [2.45, 2.75) is 26.4 Å². The summed E-state index contributed by atoms with van der Waals surface area (Å²) in [4.78, 5) is 24.3. The summed E-state index contributed by atoms with van der Waals surface area (Å²) in [6.45, 7) is 4.00. The number of carbonyl (C=O) groups is 2. The molecular formula is C12H18N2O3S. The lowest BCUT2D eigenvalue weighted by molar-refractivity contribution is -0.140. The number of urea groups is 1. The molecule has 0 unspecified atom stereocenters. The molecule has 0 radical (unpaired) electrons. The van der Waals surface area contributed by atoms with Crippen LogP contribution in [-0.4, -0.2) is 35.1 Å². The topological polar surface area (TPSA) is 69.6 Å². The van der Waals surface area contributed by atoms with Crippen LogP contribution in [0.15, 0.2) is 16.8 Å². The number of rotatable bonds is 5. The SMILES string of the molecule is CC(C)[C@H](NC(=O)N(C)Cc1ccsc1)C(=O)O. The predicted octanol–water partition coefficient (Wildman–Crippen LogP) is 2.00. The minimum absolute atomic E-state index is 0.152. The fraction of sp³-hybridized carbons (Fsp3) is 0.500. The Morgan fingerprint density at radius 1 is 1.50 bits per heavy atom. The quantitative estimate of drug-likeness (QED) is 0.859. The summed E-state index contributed by atoms with van der Waals surface area (Å²) >= 11 is 1.56. The number of carboxylic acid groups (broad SMARTS) is 1. The minimum atomic E-state index is -1.01. The van der Waals surface area contributed by atoms with Crippen LogP contribution in [-0.2, 0) is 11.3 Å². The zero-order valence-electron chi connectivity index (χ0n) is 10.7. The van der Waals surface area contributed by atoms with Crippen LogP contribution in [0.2, 0.25) is 0 Å². The van der Waals surface area contributed by atoms with E-state index in [1.54, 1.807) is 32.2 Å². The average molecular weight is 270 g/mol. The molecule has 100 valence electrons. The molecule has 0 aliphatic carbocycles. The molecule has 5 nitrogen and oxygen atoms in total. The molecule has 0 saturated carbocycles. The van der Waals surface area contributed by atoms with Crippen molar-refractivity contribution in [2.24, 2.45) is 5.92 Å². The molecule has 1 rings (SSSR count). The molecule has 1 heterocycles. The van der Waals surface area contributed by atoms with E-state index in [0.717, 1.165) is 5.56 Å². The first-order valence-electron chi connectivity index (χ1n) is 5.67. The fourth-order valence-corrected chi connectivity index (χ4v) is 2.14. The van der Waals surface area contributed by atoms with Crippen LogP contribution < -0.4 is 5.32 Å². The van der Waals surface area contributed by atoms with Crippen molar-refractivity contribution < 1.29 is 14.7 Å². The van der Waals surface area contributed by atoms with Crippen LogP contribution in [0.25, 0.3) is 0 Å². The van der Waals surface area contributed by atoms with Gasteiger partial charge in [0.15, 0.2) is 0 Å². The number of carbonyl (C=O) groups excluding carboxylic acids is 1. The highest BCUT2D eigenvalue weighted by molar-refractivity contribution is 7.07. The van der Waals surface area contributed by atoms with Crippen LogP contribution in [0.4, 0.5) is 4.79 Å². The largest absolute Gasteiger partial charge is 0.480 e. The van der Waals surface area contributed by atoms with Gasteiger partial charge in [0, 0.05) is 13.6 Å². The van der Waals surface area contributed by atoms with Gasteiger partial charge in [-0.25, -0.2) is 9.59 Å². The van der Waals surface area contributed by atoms with Crippen LogP contribution in [0.1, 0.15) is 19.4 Å². The number of nitrogens with zero attached hydrogens (tertiary/aromatic N) is 1. The van der Waals surface area contributed by atoms with E-state index in [2.05, 4.69) is 5.32 Å². The lowest BCUT2D eigenvalue weighted by atomic mass is 10.1. The molecule has 0 bridgehead atoms. The lowest BCUT2D eigenvalue weighted by Crippen LogP contribution is -2.48. The van der Waals surface area contributed by atoms with E-state index in [1.165, 1.54) is 4.90 Å². The molecule has 0 aliphatic rings. The number of thiophene rings is 1. The highest BCUT2D eigenvalue weighted by Gasteiger charge is 2.24. The van der Waals surface area contributed by atoms with E-state index in [4.69, 9.17) is 5.11 Å². The summed E-state index contributed by atoms with van der Waals surface area (Å²) in [5.41, 5.74) is 1.04. The Morgan fingerprint density at radius 2 is 2.17 bits per heavy atom. The summed E-state index contributed by atoms with van der Waals surface area (Å²) in [5, 5.41) is 15.4. The third-order valence-corrected chi connectivity index (χ3v) is 3.29. The second kappa shape index (κ2) is 6.39. The number of hydrogen-bond acceptors (Lipinski definition) is 3. The van der Waals surface area contributed by atoms with Crippen LogP contribution in [0, 0.1) is 5.92 Å². The standard InChI is InChI=1S/C12H18N2O3S/c1-8(2)10(11(15)16)13-12(17)14(3)6-9-4-5-18-7-9/h4-5,7-8,10H,6H2,1-3H3,(H,13,17)(H,15,16)/t10-/m0/s1. The third kappa shape index (κ3) is 4.03. The Hall–Kier alpha value is -1.56. The average Bonchev–Trinajstić information content (AvgIpc) is 2.77. The van der Waals surface area contributed by atoms with Gasteiger partial charge in [0.1, 0.15) is 6.04 Å². The van der Waals surface area contributed by atoms with Gasteiger partial charge < -0.3 is 15.3 Å². The summed E-state index contributed by atoms with van der Waals surface area (Å²) in [5.74, 6) is -1.16. The van der Waals surface area contributed by atoms with Gasteiger partial charge in [0.25, 0.3) is 0 Å². The molecule has 0 saturated heterocycles. The molecule has 1 atom stereocenters. The second-order valence-corrected chi connectivity index (χ2v) is 5.28. The summed E-state index contributed by atoms with van der Waals surface area (Å²) in [6, 6.07) is 0.704. The van der Waals surface area contributed by atoms with Crippen molar-refractivity contribution >= 4 is 23.3 Å². The zero-order valence-corrected chi connectivity index (χ0v) is 11.5. The number of amides is 2. The highest BCUT2D eigenvalue weighted by atomic mass is 32.1. The summed E-state index contributed by atoms with van der Waals surface area (Å²) in [7, 11) is 1.65. The molecule has 0 fully saturated rings. The molecule has 18 heavy (non-hydrogen) atoms. The maximum absolute atomic E-state index is 11.8. The van der Waals surface area contributed by atoms with Gasteiger partial charge in [-0.05, 0) is 28.3 Å². The molecule has 2 N–H and O–H groups in total. The van der Waals surface area contributed by atoms with Gasteiger partial charge in [-0.1, -0.05) is 13.8 Å². The van der Waals surface area contributed by atoms with Crippen LogP contribution in [0.3, 0.4) is 0 Å². The Morgan fingerprint density at radius 3 is 2.61 bits per heavy atom. The van der Waals surface area contributed by atoms with Gasteiger partial charge in [-0.3, -0.25) is 0 Å². The molecule has 1 aromatic rings. The van der Waals surface area contributed by atoms with Gasteiger partial charge in [0.2, 0.25) is 0 Å². The van der Waals surface area contributed by atoms with E-state index >= 15 is 0 Å². The van der Waals surface area contributed by atoms with Crippen molar-refractivity contribution in [1.82, 2.24) is 10.2 Å². The van der Waals surface area contributed by atoms with Crippen LogP contribution >= 0.6 is 11.3 Å². The predicted molar refractivity (Wildman–Crippen MR) is 70.6 cm³/mol. The number of hydrogen-bond donors (Lipinski definition) is 2. The number of carboxylic acids is 1. The Bertz CT molecular complexity index is 403. The molecule has 1 aromatic heterocycles. The van der Waals surface area contributed by atoms with E-state index in [1.807, 2.05) is 16.8 Å². The molecule has 2 amide bonds. The Balaban J connectivity index is 2.56. The van der Waals surface area contributed by atoms with Gasteiger partial charge in [-0.15, -0.1) is 0 Å². The van der Waals surface area contributed by atoms with E-state index in [-0.39, 0.29) is 11.9 Å². The van der Waals surface area contributed by atoms with E-state index in [0.29, 0.717) is 6.54 Å². The van der Waals surface area contributed by atoms with Crippen molar-refractivity contribution in [3.05, 3.63) is 22.4 Å². The summed E-state index contributed by atoms with van der Waals surface area (Å²) in [6.07, 6.45) is 0. The maximum atomic E-state index is 11.8. The van der Waals surface area contributed by atoms with Crippen molar-refractivity contribution in [2.75, 3.05) is 7.05 Å². The summed E-state index contributed by atoms with van der Waals surface area (Å²) < 4.78 is 0. The first-order chi connectivity index (χ1) is 8.41. The minimum Gasteiger partial charge on any atom is -0.480 e. The van der Waals surface area contributed by atoms with E-state index < -0.39 is 12.0 Å². The van der Waals surface area contributed by atoms with Crippen molar-refractivity contribution in [3.63, 3.8) is 0 Å². The first-order valence-corrected chi connectivity index (χ1v) is 6.61. The second-order valence-electron chi connectivity index (χ2n) is 4.50. The van der Waals surface area contributed by atoms with Crippen molar-refractivity contribution in [3.8, 4) is 0 Å². The Kier molecular flexibility index (Phi) is 5.15. The van der Waals surface area contributed by atoms with Crippen molar-refractivity contribution in [1.29, 1.82) is 0 Å². The van der Waals surface area contributed by atoms with Gasteiger partial charge in [0.05, 0.1) is 0 Å². The zero-order chi connectivity index (χ0) is 13.7. The highest BCUT2D eigenvalue weighted by Crippen LogP contribution is 2.09. The molecule has 0 aromatic carbocycles. The number of aliphatic carboxylic acids is 1. The first kappa shape index (κ1) is 14.5. The molecule has 0 spiro atoms. The number of nitrogens with one attached hydrogen (secondary N) is 1. The molecular weight excluding hydrogens is 252 g/mol. The fourth-order valence-electron chi connectivity index (χ4n) is 1.49. The Labute approximate surface area is 110 Å². The van der Waals surface area contributed by atoms with Gasteiger partial charge in [-0.2, -0.15) is 11.3 Å². The maximum Gasteiger partial charge on any atom is 0.326 e. The third-order valence-electron chi connectivity index (χ3n) is 2.56. The normalized spacial score (nSPS) is 12.2. The molecule has 6 heteroatoms. The smallest absolute Gasteiger partial charge is 0.326 e. The monoisotopic (exact) mass is 270 g/mol. The van der Waals surface area contributed by atoms with E-state index in [9.17, 15) is 9.59 Å². The lowest BCUT2D eigenvalue weighted by Gasteiger charge is -2.23. The van der Waals surface area contributed by atoms with Crippen LogP contribution in [0.5, 0.6) is 0 Å².